The van der Waals surface area contributed by atoms with Crippen molar-refractivity contribution in [2.75, 3.05) is 40.3 Å². The van der Waals surface area contributed by atoms with Gasteiger partial charge in [0.05, 0.1) is 5.56 Å². The molecule has 1 amide bonds. The number of ether oxygens (including phenoxy) is 2. The average Bonchev–Trinajstić information content (AvgIpc) is 2.85. The van der Waals surface area contributed by atoms with Crippen molar-refractivity contribution in [1.29, 1.82) is 0 Å². The van der Waals surface area contributed by atoms with Gasteiger partial charge in [-0.3, -0.25) is 0 Å². The first kappa shape index (κ1) is 30.7. The predicted octanol–water partition coefficient (Wildman–Crippen LogP) is 6.83. The molecule has 0 saturated carbocycles. The Morgan fingerprint density at radius 2 is 1.52 bits per heavy atom. The van der Waals surface area contributed by atoms with Gasteiger partial charge in [-0.1, -0.05) is 68.5 Å². The summed E-state index contributed by atoms with van der Waals surface area (Å²) in [5, 5.41) is 11.4. The van der Waals surface area contributed by atoms with Gasteiger partial charge in [0, 0.05) is 25.0 Å². The van der Waals surface area contributed by atoms with Crippen molar-refractivity contribution < 1.29 is 24.2 Å². The minimum atomic E-state index is -0.978. The van der Waals surface area contributed by atoms with Crippen LogP contribution in [0.3, 0.4) is 0 Å². The third-order valence-corrected chi connectivity index (χ3v) is 6.10. The average molecular weight is 547 g/mol. The zero-order chi connectivity index (χ0) is 29.5. The highest BCUT2D eigenvalue weighted by atomic mass is 16.6. The molecule has 7 heteroatoms. The summed E-state index contributed by atoms with van der Waals surface area (Å²) in [4.78, 5) is 28.6. The van der Waals surface area contributed by atoms with Crippen molar-refractivity contribution in [1.82, 2.24) is 9.80 Å². The van der Waals surface area contributed by atoms with Crippen molar-refractivity contribution >= 4 is 28.9 Å². The molecule has 7 nitrogen and oxygen atoms in total. The number of hydrogen-bond donors (Lipinski definition) is 1. The Morgan fingerprint density at radius 1 is 0.875 bits per heavy atom. The minimum Gasteiger partial charge on any atom is -0.489 e. The van der Waals surface area contributed by atoms with Gasteiger partial charge in [0.25, 0.3) is 0 Å². The number of nitrogens with zero attached hydrogens (tertiary/aromatic N) is 2. The lowest BCUT2D eigenvalue weighted by atomic mass is 9.92. The van der Waals surface area contributed by atoms with E-state index in [1.165, 1.54) is 0 Å². The van der Waals surface area contributed by atoms with Gasteiger partial charge in [0.15, 0.2) is 0 Å². The van der Waals surface area contributed by atoms with Gasteiger partial charge in [-0.05, 0) is 75.0 Å². The van der Waals surface area contributed by atoms with E-state index in [1.807, 2.05) is 83.4 Å². The van der Waals surface area contributed by atoms with Gasteiger partial charge in [-0.25, -0.2) is 9.59 Å². The second-order valence-corrected chi connectivity index (χ2v) is 12.2. The van der Waals surface area contributed by atoms with Crippen molar-refractivity contribution in [2.45, 2.75) is 40.2 Å². The Morgan fingerprint density at radius 3 is 2.15 bits per heavy atom. The van der Waals surface area contributed by atoms with E-state index < -0.39 is 17.7 Å². The number of benzene rings is 3. The number of rotatable bonds is 11. The lowest BCUT2D eigenvalue weighted by molar-refractivity contribution is 0.0178. The highest BCUT2D eigenvalue weighted by Gasteiger charge is 2.29. The molecule has 0 fully saturated rings. The highest BCUT2D eigenvalue weighted by molar-refractivity contribution is 5.88. The first-order valence-electron chi connectivity index (χ1n) is 13.5. The van der Waals surface area contributed by atoms with Crippen molar-refractivity contribution in [3.05, 3.63) is 83.4 Å². The Kier molecular flexibility index (Phi) is 9.98. The fraction of sp³-hybridized carbons (Fsp3) is 0.394. The number of amides is 1. The van der Waals surface area contributed by atoms with Gasteiger partial charge < -0.3 is 24.4 Å². The third-order valence-electron chi connectivity index (χ3n) is 6.10. The predicted molar refractivity (Wildman–Crippen MR) is 161 cm³/mol. The Balaban J connectivity index is 1.96. The summed E-state index contributed by atoms with van der Waals surface area (Å²) in [6, 6.07) is 20.6. The molecular formula is C33H42N2O5. The van der Waals surface area contributed by atoms with Crippen LogP contribution in [-0.2, 0) is 4.74 Å². The first-order valence-corrected chi connectivity index (χ1v) is 13.5. The molecule has 0 spiro atoms. The van der Waals surface area contributed by atoms with Crippen LogP contribution in [0.5, 0.6) is 5.75 Å². The van der Waals surface area contributed by atoms with Crippen LogP contribution >= 0.6 is 0 Å². The molecule has 1 N–H and O–H groups in total. The Bertz CT molecular complexity index is 1330. The fourth-order valence-corrected chi connectivity index (χ4v) is 4.76. The maximum Gasteiger partial charge on any atom is 0.410 e. The summed E-state index contributed by atoms with van der Waals surface area (Å²) in [6.07, 6.45) is 1.56. The maximum atomic E-state index is 13.4. The largest absolute Gasteiger partial charge is 0.489 e. The van der Waals surface area contributed by atoms with E-state index in [0.29, 0.717) is 6.54 Å². The number of aromatic carboxylic acids is 1. The smallest absolute Gasteiger partial charge is 0.410 e. The molecule has 0 aromatic heterocycles. The van der Waals surface area contributed by atoms with Crippen LogP contribution in [0.15, 0.2) is 72.3 Å². The number of carbonyl (C=O) groups is 2. The lowest BCUT2D eigenvalue weighted by Gasteiger charge is -2.36. The maximum absolute atomic E-state index is 13.4. The second-order valence-electron chi connectivity index (χ2n) is 12.2. The van der Waals surface area contributed by atoms with Gasteiger partial charge in [-0.15, -0.1) is 0 Å². The minimum absolute atomic E-state index is 0.203. The van der Waals surface area contributed by atoms with Crippen LogP contribution in [0.1, 0.15) is 50.5 Å². The van der Waals surface area contributed by atoms with E-state index in [1.54, 1.807) is 29.2 Å². The van der Waals surface area contributed by atoms with Crippen LogP contribution < -0.4 is 4.74 Å². The zero-order valence-corrected chi connectivity index (χ0v) is 24.7. The first-order chi connectivity index (χ1) is 18.7. The molecule has 0 saturated heterocycles. The molecule has 0 atom stereocenters. The summed E-state index contributed by atoms with van der Waals surface area (Å²) in [5.74, 6) is -0.226. The highest BCUT2D eigenvalue weighted by Crippen LogP contribution is 2.27. The normalized spacial score (nSPS) is 12.4. The molecule has 0 heterocycles. The van der Waals surface area contributed by atoms with Crippen LogP contribution in [0.4, 0.5) is 4.79 Å². The van der Waals surface area contributed by atoms with Crippen molar-refractivity contribution in [3.8, 4) is 5.75 Å². The molecule has 3 aromatic rings. The summed E-state index contributed by atoms with van der Waals surface area (Å²) < 4.78 is 12.1. The molecular weight excluding hydrogens is 504 g/mol. The molecule has 3 aromatic carbocycles. The fourth-order valence-electron chi connectivity index (χ4n) is 4.76. The van der Waals surface area contributed by atoms with Gasteiger partial charge >= 0.3 is 12.1 Å². The molecule has 0 unspecified atom stereocenters. The molecule has 0 bridgehead atoms. The SMILES string of the molecule is CN(C)CC(C)(C)CN(C/C(=C\c1ccc(C(=O)O)cc1)COc1cccc2ccccc12)C(=O)OC(C)(C)C. The number of hydrogen-bond acceptors (Lipinski definition) is 5. The number of carboxylic acid groups (broad SMARTS) is 1. The molecule has 3 rings (SSSR count). The van der Waals surface area contributed by atoms with Gasteiger partial charge in [0.2, 0.25) is 0 Å². The van der Waals surface area contributed by atoms with Crippen LogP contribution in [0, 0.1) is 5.41 Å². The number of carboxylic acids is 1. The summed E-state index contributed by atoms with van der Waals surface area (Å²) in [5.41, 5.74) is 1.04. The van der Waals surface area contributed by atoms with Crippen LogP contribution in [-0.4, -0.2) is 72.9 Å². The molecule has 214 valence electrons. The van der Waals surface area contributed by atoms with E-state index in [9.17, 15) is 14.7 Å². The third kappa shape index (κ3) is 9.42. The lowest BCUT2D eigenvalue weighted by Crippen LogP contribution is -2.46. The number of carbonyl (C=O) groups excluding carboxylic acids is 1. The Labute approximate surface area is 238 Å². The molecule has 0 aliphatic carbocycles. The van der Waals surface area contributed by atoms with E-state index in [-0.39, 0.29) is 24.1 Å². The summed E-state index contributed by atoms with van der Waals surface area (Å²) in [6.45, 7) is 11.6. The van der Waals surface area contributed by atoms with Crippen LogP contribution in [0.2, 0.25) is 0 Å². The number of fused-ring (bicyclic) bond motifs is 1. The second kappa shape index (κ2) is 13.0. The van der Waals surface area contributed by atoms with E-state index in [0.717, 1.165) is 34.2 Å². The standard InChI is InChI=1S/C33H42N2O5/c1-32(2,3)40-31(38)35(23-33(4,5)22-34(6)7)20-25(19-24-15-17-27(18-16-24)30(36)37)21-39-29-14-10-12-26-11-8-9-13-28(26)29/h8-19H,20-23H2,1-7H3,(H,36,37)/b25-19+. The van der Waals surface area contributed by atoms with Crippen molar-refractivity contribution in [2.24, 2.45) is 5.41 Å². The summed E-state index contributed by atoms with van der Waals surface area (Å²) in [7, 11) is 4.04. The van der Waals surface area contributed by atoms with E-state index in [2.05, 4.69) is 18.7 Å². The summed E-state index contributed by atoms with van der Waals surface area (Å²) >= 11 is 0. The monoisotopic (exact) mass is 546 g/mol. The van der Waals surface area contributed by atoms with E-state index in [4.69, 9.17) is 9.47 Å². The zero-order valence-electron chi connectivity index (χ0n) is 24.7. The Hall–Kier alpha value is -3.84. The molecule has 0 aliphatic rings. The van der Waals surface area contributed by atoms with Gasteiger partial charge in [0.1, 0.15) is 18.0 Å². The van der Waals surface area contributed by atoms with E-state index >= 15 is 0 Å². The van der Waals surface area contributed by atoms with Gasteiger partial charge in [-0.2, -0.15) is 0 Å². The van der Waals surface area contributed by atoms with Crippen molar-refractivity contribution in [3.63, 3.8) is 0 Å². The molecule has 0 aliphatic heterocycles. The quantitative estimate of drug-likeness (QED) is 0.284. The molecule has 40 heavy (non-hydrogen) atoms. The van der Waals surface area contributed by atoms with Crippen LogP contribution in [0.25, 0.3) is 16.8 Å². The topological polar surface area (TPSA) is 79.3 Å². The molecule has 0 radical (unpaired) electrons.